The molecule has 3 heteroatoms. The van der Waals surface area contributed by atoms with Gasteiger partial charge in [-0.1, -0.05) is 49.6 Å². The average Bonchev–Trinajstić information content (AvgIpc) is 2.71. The maximum Gasteiger partial charge on any atom is 0.338 e. The first-order chi connectivity index (χ1) is 9.70. The van der Waals surface area contributed by atoms with E-state index in [1.54, 1.807) is 9.13 Å². The van der Waals surface area contributed by atoms with Crippen LogP contribution in [0.25, 0.3) is 24.5 Å². The molecular formula is C17H14N2O. The van der Waals surface area contributed by atoms with Crippen LogP contribution in [-0.2, 0) is 0 Å². The van der Waals surface area contributed by atoms with Gasteiger partial charge in [0.05, 0.1) is 22.1 Å². The Morgan fingerprint density at radius 2 is 1.00 bits per heavy atom. The van der Waals surface area contributed by atoms with Crippen LogP contribution in [0.1, 0.15) is 0 Å². The van der Waals surface area contributed by atoms with Crippen molar-refractivity contribution in [2.45, 2.75) is 0 Å². The van der Waals surface area contributed by atoms with Crippen molar-refractivity contribution in [3.63, 3.8) is 0 Å². The summed E-state index contributed by atoms with van der Waals surface area (Å²) in [5, 5.41) is 1.20. The second-order valence-corrected chi connectivity index (χ2v) is 4.52. The van der Waals surface area contributed by atoms with Gasteiger partial charge in [0.25, 0.3) is 0 Å². The predicted octanol–water partition coefficient (Wildman–Crippen LogP) is 1.45. The van der Waals surface area contributed by atoms with Crippen molar-refractivity contribution < 1.29 is 0 Å². The molecule has 0 atom stereocenters. The first-order valence-electron chi connectivity index (χ1n) is 6.32. The van der Waals surface area contributed by atoms with Crippen LogP contribution in [0.4, 0.5) is 0 Å². The average molecular weight is 262 g/mol. The molecule has 0 bridgehead atoms. The van der Waals surface area contributed by atoms with E-state index in [-0.39, 0.29) is 5.69 Å². The van der Waals surface area contributed by atoms with Crippen molar-refractivity contribution >= 4 is 13.2 Å². The molecule has 98 valence electrons. The van der Waals surface area contributed by atoms with Gasteiger partial charge in [0.1, 0.15) is 0 Å². The third-order valence-corrected chi connectivity index (χ3v) is 3.28. The standard InChI is InChI=1S/C17H14N2O/c1-13-14(2)19(16-11-7-4-8-12-16)17(20)18(13)15-9-5-3-6-10-15/h3-12H,1-2H2. The van der Waals surface area contributed by atoms with E-state index in [0.29, 0.717) is 10.7 Å². The van der Waals surface area contributed by atoms with E-state index in [2.05, 4.69) is 13.2 Å². The Labute approximate surface area is 116 Å². The zero-order valence-corrected chi connectivity index (χ0v) is 11.0. The van der Waals surface area contributed by atoms with Gasteiger partial charge in [-0.3, -0.25) is 9.13 Å². The summed E-state index contributed by atoms with van der Waals surface area (Å²) in [7, 11) is 0. The van der Waals surface area contributed by atoms with Gasteiger partial charge in [-0.2, -0.15) is 0 Å². The quantitative estimate of drug-likeness (QED) is 0.686. The van der Waals surface area contributed by atoms with Crippen LogP contribution < -0.4 is 16.4 Å². The minimum absolute atomic E-state index is 0.155. The smallest absolute Gasteiger partial charge is 0.261 e. The van der Waals surface area contributed by atoms with Gasteiger partial charge in [0.2, 0.25) is 0 Å². The third-order valence-electron chi connectivity index (χ3n) is 3.28. The highest BCUT2D eigenvalue weighted by Crippen LogP contribution is 2.03. The van der Waals surface area contributed by atoms with Gasteiger partial charge in [0, 0.05) is 0 Å². The molecule has 3 aromatic rings. The van der Waals surface area contributed by atoms with Gasteiger partial charge >= 0.3 is 5.69 Å². The van der Waals surface area contributed by atoms with Crippen molar-refractivity contribution in [3.8, 4) is 11.4 Å². The minimum atomic E-state index is -0.155. The number of hydrogen-bond acceptors (Lipinski definition) is 1. The van der Waals surface area contributed by atoms with Crippen molar-refractivity contribution in [1.82, 2.24) is 9.13 Å². The van der Waals surface area contributed by atoms with Gasteiger partial charge in [0.15, 0.2) is 0 Å². The van der Waals surface area contributed by atoms with Crippen LogP contribution in [0.3, 0.4) is 0 Å². The van der Waals surface area contributed by atoms with Crippen LogP contribution >= 0.6 is 0 Å². The largest absolute Gasteiger partial charge is 0.338 e. The van der Waals surface area contributed by atoms with Gasteiger partial charge < -0.3 is 0 Å². The first-order valence-corrected chi connectivity index (χ1v) is 6.32. The summed E-state index contributed by atoms with van der Waals surface area (Å²) in [6, 6.07) is 18.9. The summed E-state index contributed by atoms with van der Waals surface area (Å²) in [5.74, 6) is 0. The second kappa shape index (κ2) is 4.70. The highest BCUT2D eigenvalue weighted by atomic mass is 16.1. The molecule has 0 saturated carbocycles. The lowest BCUT2D eigenvalue weighted by Crippen LogP contribution is -2.29. The molecule has 0 unspecified atom stereocenters. The molecule has 0 spiro atoms. The molecule has 2 aromatic carbocycles. The molecule has 0 N–H and O–H groups in total. The topological polar surface area (TPSA) is 26.9 Å². The van der Waals surface area contributed by atoms with Crippen LogP contribution in [-0.4, -0.2) is 9.13 Å². The molecule has 0 aliphatic heterocycles. The van der Waals surface area contributed by atoms with E-state index in [0.717, 1.165) is 11.4 Å². The van der Waals surface area contributed by atoms with Crippen LogP contribution in [0.2, 0.25) is 0 Å². The number of benzene rings is 2. The highest BCUT2D eigenvalue weighted by molar-refractivity contribution is 5.37. The monoisotopic (exact) mass is 262 g/mol. The van der Waals surface area contributed by atoms with E-state index < -0.39 is 0 Å². The Morgan fingerprint density at radius 1 is 0.650 bits per heavy atom. The molecule has 3 rings (SSSR count). The number of hydrogen-bond donors (Lipinski definition) is 0. The van der Waals surface area contributed by atoms with E-state index in [4.69, 9.17) is 0 Å². The fraction of sp³-hybridized carbons (Fsp3) is 0. The number of nitrogens with zero attached hydrogens (tertiary/aromatic N) is 2. The predicted molar refractivity (Wildman–Crippen MR) is 81.7 cm³/mol. The lowest BCUT2D eigenvalue weighted by atomic mass is 10.3. The second-order valence-electron chi connectivity index (χ2n) is 4.52. The fourth-order valence-electron chi connectivity index (χ4n) is 2.28. The maximum atomic E-state index is 12.7. The summed E-state index contributed by atoms with van der Waals surface area (Å²) in [6.45, 7) is 7.97. The Bertz CT molecular complexity index is 816. The fourth-order valence-corrected chi connectivity index (χ4v) is 2.28. The van der Waals surface area contributed by atoms with Crippen molar-refractivity contribution in [3.05, 3.63) is 81.8 Å². The molecule has 0 aliphatic rings. The van der Waals surface area contributed by atoms with Crippen LogP contribution in [0, 0.1) is 0 Å². The third kappa shape index (κ3) is 1.80. The lowest BCUT2D eigenvalue weighted by molar-refractivity contribution is 0.894. The van der Waals surface area contributed by atoms with Gasteiger partial charge in [-0.15, -0.1) is 0 Å². The summed E-state index contributed by atoms with van der Waals surface area (Å²) in [4.78, 5) is 12.7. The Hall–Kier alpha value is -2.81. The molecule has 0 fully saturated rings. The minimum Gasteiger partial charge on any atom is -0.261 e. The number of imidazole rings is 1. The molecule has 0 aliphatic carbocycles. The normalized spacial score (nSPS) is 10.6. The highest BCUT2D eigenvalue weighted by Gasteiger charge is 2.10. The van der Waals surface area contributed by atoms with Crippen LogP contribution in [0.15, 0.2) is 65.5 Å². The summed E-state index contributed by atoms with van der Waals surface area (Å²) < 4.78 is 3.16. The molecule has 0 amide bonds. The Kier molecular flexibility index (Phi) is 2.88. The molecule has 20 heavy (non-hydrogen) atoms. The Morgan fingerprint density at radius 3 is 1.35 bits per heavy atom. The van der Waals surface area contributed by atoms with E-state index >= 15 is 0 Å². The summed E-state index contributed by atoms with van der Waals surface area (Å²) in [5.41, 5.74) is 1.43. The van der Waals surface area contributed by atoms with Crippen LogP contribution in [0.5, 0.6) is 0 Å². The van der Waals surface area contributed by atoms with Crippen molar-refractivity contribution in [2.24, 2.45) is 0 Å². The first kappa shape index (κ1) is 12.2. The zero-order valence-electron chi connectivity index (χ0n) is 11.0. The zero-order chi connectivity index (χ0) is 14.1. The van der Waals surface area contributed by atoms with Crippen molar-refractivity contribution in [2.75, 3.05) is 0 Å². The van der Waals surface area contributed by atoms with Gasteiger partial charge in [-0.25, -0.2) is 4.79 Å². The Balaban J connectivity index is 2.35. The molecule has 1 heterocycles. The van der Waals surface area contributed by atoms with E-state index in [9.17, 15) is 4.79 Å². The van der Waals surface area contributed by atoms with Gasteiger partial charge in [-0.05, 0) is 24.3 Å². The number of para-hydroxylation sites is 2. The molecular weight excluding hydrogens is 248 g/mol. The summed E-state index contributed by atoms with van der Waals surface area (Å²) >= 11 is 0. The van der Waals surface area contributed by atoms with Crippen molar-refractivity contribution in [1.29, 1.82) is 0 Å². The molecule has 0 saturated heterocycles. The summed E-state index contributed by atoms with van der Waals surface area (Å²) in [6.07, 6.45) is 0. The number of aromatic nitrogens is 2. The SMILES string of the molecule is C=c1c(=C)n(-c2ccccc2)c(=O)n1-c1ccccc1. The maximum absolute atomic E-state index is 12.7. The lowest BCUT2D eigenvalue weighted by Gasteiger charge is -2.02. The molecule has 1 aromatic heterocycles. The van der Waals surface area contributed by atoms with E-state index in [1.807, 2.05) is 60.7 Å². The molecule has 3 nitrogen and oxygen atoms in total. The number of rotatable bonds is 2. The molecule has 0 radical (unpaired) electrons. The van der Waals surface area contributed by atoms with E-state index in [1.165, 1.54) is 0 Å².